The van der Waals surface area contributed by atoms with Crippen LogP contribution in [-0.4, -0.2) is 55.7 Å². The van der Waals surface area contributed by atoms with Crippen LogP contribution in [0.15, 0.2) is 22.6 Å². The Morgan fingerprint density at radius 1 is 1.31 bits per heavy atom. The molecule has 2 saturated heterocycles. The molecule has 1 N–H and O–H groups in total. The van der Waals surface area contributed by atoms with Gasteiger partial charge in [0.25, 0.3) is 0 Å². The summed E-state index contributed by atoms with van der Waals surface area (Å²) < 4.78 is 11.4. The number of ether oxygens (including phenoxy) is 1. The van der Waals surface area contributed by atoms with Crippen molar-refractivity contribution in [2.45, 2.75) is 31.6 Å². The zero-order chi connectivity index (χ0) is 18.9. The highest BCUT2D eigenvalue weighted by molar-refractivity contribution is 6.31. The first-order valence-corrected chi connectivity index (χ1v) is 10.0. The van der Waals surface area contributed by atoms with Gasteiger partial charge >= 0.3 is 0 Å². The molecule has 6 nitrogen and oxygen atoms in total. The first kappa shape index (κ1) is 24.2. The van der Waals surface area contributed by atoms with Crippen LogP contribution in [-0.2, 0) is 9.53 Å². The van der Waals surface area contributed by atoms with Crippen molar-refractivity contribution in [3.63, 3.8) is 0 Å². The standard InChI is InChI=1S/C20H26ClN3O3.2ClH/c1-26-13-20(6-8-22-9-7-20)19(25)24-10-4-14(5-11-24)18-23-16-12-15(21)2-3-17(16)27-18;;/h2-3,12,14,22H,4-11,13H2,1H3;2*1H. The summed E-state index contributed by atoms with van der Waals surface area (Å²) in [5, 5.41) is 4.00. The molecule has 0 saturated carbocycles. The van der Waals surface area contributed by atoms with Crippen LogP contribution in [0.2, 0.25) is 5.02 Å². The first-order valence-electron chi connectivity index (χ1n) is 9.66. The van der Waals surface area contributed by atoms with E-state index in [-0.39, 0.29) is 42.1 Å². The molecule has 162 valence electrons. The van der Waals surface area contributed by atoms with Crippen molar-refractivity contribution in [3.8, 4) is 0 Å². The fourth-order valence-electron chi connectivity index (χ4n) is 4.36. The van der Waals surface area contributed by atoms with Gasteiger partial charge in [0.05, 0.1) is 12.0 Å². The van der Waals surface area contributed by atoms with Crippen molar-refractivity contribution >= 4 is 53.4 Å². The Balaban J connectivity index is 0.00000150. The van der Waals surface area contributed by atoms with Gasteiger partial charge in [-0.1, -0.05) is 11.6 Å². The van der Waals surface area contributed by atoms with E-state index >= 15 is 0 Å². The van der Waals surface area contributed by atoms with E-state index in [1.807, 2.05) is 23.1 Å². The summed E-state index contributed by atoms with van der Waals surface area (Å²) in [6, 6.07) is 5.50. The lowest BCUT2D eigenvalue weighted by Crippen LogP contribution is -2.53. The smallest absolute Gasteiger partial charge is 0.231 e. The lowest BCUT2D eigenvalue weighted by molar-refractivity contribution is -0.148. The summed E-state index contributed by atoms with van der Waals surface area (Å²) in [5.41, 5.74) is 1.19. The van der Waals surface area contributed by atoms with Crippen molar-refractivity contribution < 1.29 is 13.9 Å². The number of hydrogen-bond donors (Lipinski definition) is 1. The maximum absolute atomic E-state index is 13.3. The number of carbonyl (C=O) groups is 1. The molecule has 0 spiro atoms. The molecule has 0 bridgehead atoms. The zero-order valence-electron chi connectivity index (χ0n) is 16.5. The third-order valence-corrected chi connectivity index (χ3v) is 6.17. The number of aromatic nitrogens is 1. The van der Waals surface area contributed by atoms with Crippen LogP contribution in [0, 0.1) is 5.41 Å². The monoisotopic (exact) mass is 463 g/mol. The minimum atomic E-state index is -0.374. The third-order valence-electron chi connectivity index (χ3n) is 5.93. The number of likely N-dealkylation sites (tertiary alicyclic amines) is 1. The van der Waals surface area contributed by atoms with Gasteiger partial charge in [-0.15, -0.1) is 24.8 Å². The van der Waals surface area contributed by atoms with Crippen LogP contribution in [0.3, 0.4) is 0 Å². The number of oxazole rings is 1. The molecule has 0 aliphatic carbocycles. The Morgan fingerprint density at radius 3 is 2.66 bits per heavy atom. The van der Waals surface area contributed by atoms with E-state index < -0.39 is 0 Å². The summed E-state index contributed by atoms with van der Waals surface area (Å²) in [5.74, 6) is 1.24. The number of nitrogens with one attached hydrogen (secondary N) is 1. The normalized spacial score (nSPS) is 19.4. The third kappa shape index (κ3) is 5.00. The minimum absolute atomic E-state index is 0. The number of carbonyl (C=O) groups excluding carboxylic acids is 1. The highest BCUT2D eigenvalue weighted by Gasteiger charge is 2.43. The Kier molecular flexibility index (Phi) is 8.61. The van der Waals surface area contributed by atoms with E-state index in [1.165, 1.54) is 0 Å². The van der Waals surface area contributed by atoms with Gasteiger partial charge in [-0.2, -0.15) is 0 Å². The average Bonchev–Trinajstić information content (AvgIpc) is 3.11. The number of piperidine rings is 2. The second kappa shape index (κ2) is 10.3. The highest BCUT2D eigenvalue weighted by atomic mass is 35.5. The van der Waals surface area contributed by atoms with E-state index in [0.29, 0.717) is 11.6 Å². The van der Waals surface area contributed by atoms with Crippen molar-refractivity contribution in [1.82, 2.24) is 15.2 Å². The van der Waals surface area contributed by atoms with Crippen LogP contribution in [0.1, 0.15) is 37.5 Å². The van der Waals surface area contributed by atoms with Gasteiger partial charge < -0.3 is 19.4 Å². The molecule has 3 heterocycles. The second-order valence-electron chi connectivity index (χ2n) is 7.69. The summed E-state index contributed by atoms with van der Waals surface area (Å²) in [6.45, 7) is 3.72. The molecular formula is C20H28Cl3N3O3. The molecule has 1 amide bonds. The molecule has 4 rings (SSSR count). The SMILES string of the molecule is COCC1(C(=O)N2CCC(c3nc4cc(Cl)ccc4o3)CC2)CCNCC1.Cl.Cl. The van der Waals surface area contributed by atoms with Crippen molar-refractivity contribution in [3.05, 3.63) is 29.1 Å². The predicted molar refractivity (Wildman–Crippen MR) is 118 cm³/mol. The quantitative estimate of drug-likeness (QED) is 0.739. The molecule has 2 aromatic rings. The molecule has 2 aliphatic heterocycles. The van der Waals surface area contributed by atoms with Gasteiger partial charge in [-0.05, 0) is 57.0 Å². The summed E-state index contributed by atoms with van der Waals surface area (Å²) in [4.78, 5) is 19.9. The van der Waals surface area contributed by atoms with Gasteiger partial charge in [0, 0.05) is 31.1 Å². The Bertz CT molecular complexity index is 810. The fourth-order valence-corrected chi connectivity index (χ4v) is 4.53. The van der Waals surface area contributed by atoms with Crippen LogP contribution in [0.5, 0.6) is 0 Å². The number of halogens is 3. The van der Waals surface area contributed by atoms with Gasteiger partial charge in [0.2, 0.25) is 5.91 Å². The summed E-state index contributed by atoms with van der Waals surface area (Å²) in [7, 11) is 1.68. The van der Waals surface area contributed by atoms with Crippen molar-refractivity contribution in [2.24, 2.45) is 5.41 Å². The molecular weight excluding hydrogens is 437 g/mol. The number of amides is 1. The topological polar surface area (TPSA) is 67.6 Å². The van der Waals surface area contributed by atoms with E-state index in [4.69, 9.17) is 20.8 Å². The summed E-state index contributed by atoms with van der Waals surface area (Å²) in [6.07, 6.45) is 3.41. The van der Waals surface area contributed by atoms with E-state index in [1.54, 1.807) is 7.11 Å². The van der Waals surface area contributed by atoms with Crippen LogP contribution >= 0.6 is 36.4 Å². The van der Waals surface area contributed by atoms with Gasteiger partial charge in [-0.25, -0.2) is 4.98 Å². The molecule has 2 aliphatic rings. The highest BCUT2D eigenvalue weighted by Crippen LogP contribution is 2.35. The summed E-state index contributed by atoms with van der Waals surface area (Å²) >= 11 is 6.04. The van der Waals surface area contributed by atoms with Crippen LogP contribution in [0.4, 0.5) is 0 Å². The largest absolute Gasteiger partial charge is 0.440 e. The lowest BCUT2D eigenvalue weighted by atomic mass is 9.77. The van der Waals surface area contributed by atoms with Gasteiger partial charge in [-0.3, -0.25) is 4.79 Å². The molecule has 9 heteroatoms. The first-order chi connectivity index (χ1) is 13.1. The predicted octanol–water partition coefficient (Wildman–Crippen LogP) is 4.05. The van der Waals surface area contributed by atoms with E-state index in [9.17, 15) is 4.79 Å². The van der Waals surface area contributed by atoms with Crippen LogP contribution in [0.25, 0.3) is 11.1 Å². The van der Waals surface area contributed by atoms with Crippen LogP contribution < -0.4 is 5.32 Å². The zero-order valence-corrected chi connectivity index (χ0v) is 18.9. The molecule has 0 radical (unpaired) electrons. The number of hydrogen-bond acceptors (Lipinski definition) is 5. The van der Waals surface area contributed by atoms with E-state index in [2.05, 4.69) is 10.3 Å². The van der Waals surface area contributed by atoms with E-state index in [0.717, 1.165) is 68.9 Å². The van der Waals surface area contributed by atoms with Crippen molar-refractivity contribution in [2.75, 3.05) is 39.9 Å². The maximum Gasteiger partial charge on any atom is 0.231 e. The number of rotatable bonds is 4. The Morgan fingerprint density at radius 2 is 2.00 bits per heavy atom. The minimum Gasteiger partial charge on any atom is -0.440 e. The molecule has 29 heavy (non-hydrogen) atoms. The molecule has 1 aromatic heterocycles. The molecule has 0 unspecified atom stereocenters. The number of nitrogens with zero attached hydrogens (tertiary/aromatic N) is 2. The number of methoxy groups -OCH3 is 1. The second-order valence-corrected chi connectivity index (χ2v) is 8.13. The molecule has 2 fully saturated rings. The Hall–Kier alpha value is -1.05. The molecule has 1 aromatic carbocycles. The van der Waals surface area contributed by atoms with Crippen molar-refractivity contribution in [1.29, 1.82) is 0 Å². The lowest BCUT2D eigenvalue weighted by Gasteiger charge is -2.41. The number of benzene rings is 1. The Labute approximate surface area is 188 Å². The molecule has 0 atom stereocenters. The fraction of sp³-hybridized carbons (Fsp3) is 0.600. The number of fused-ring (bicyclic) bond motifs is 1. The maximum atomic E-state index is 13.3. The average molecular weight is 465 g/mol. The van der Waals surface area contributed by atoms with Gasteiger partial charge in [0.15, 0.2) is 11.5 Å². The van der Waals surface area contributed by atoms with Gasteiger partial charge in [0.1, 0.15) is 5.52 Å².